The van der Waals surface area contributed by atoms with Crippen LogP contribution >= 0.6 is 11.6 Å². The van der Waals surface area contributed by atoms with Crippen molar-refractivity contribution in [2.45, 2.75) is 13.0 Å². The van der Waals surface area contributed by atoms with Gasteiger partial charge in [0.25, 0.3) is 5.71 Å². The van der Waals surface area contributed by atoms with Gasteiger partial charge in [0.05, 0.1) is 24.9 Å². The number of morpholine rings is 1. The molecule has 1 saturated heterocycles. The van der Waals surface area contributed by atoms with Gasteiger partial charge in [0.15, 0.2) is 0 Å². The molecule has 1 unspecified atom stereocenters. The van der Waals surface area contributed by atoms with Crippen molar-refractivity contribution in [3.63, 3.8) is 0 Å². The second kappa shape index (κ2) is 7.57. The minimum absolute atomic E-state index is 0.155. The summed E-state index contributed by atoms with van der Waals surface area (Å²) in [7, 11) is 0. The van der Waals surface area contributed by atoms with Crippen LogP contribution in [-0.2, 0) is 4.74 Å². The van der Waals surface area contributed by atoms with Crippen molar-refractivity contribution in [2.75, 3.05) is 38.2 Å². The molecular formula is C18H20ClN5O2. The van der Waals surface area contributed by atoms with Crippen LogP contribution in [0.2, 0.25) is 5.02 Å². The van der Waals surface area contributed by atoms with Crippen molar-refractivity contribution in [1.29, 1.82) is 0 Å². The summed E-state index contributed by atoms with van der Waals surface area (Å²) in [5.74, 6) is 0.731. The van der Waals surface area contributed by atoms with Crippen LogP contribution in [0.3, 0.4) is 0 Å². The molecule has 1 aromatic carbocycles. The molecule has 0 amide bonds. The molecule has 1 fully saturated rings. The van der Waals surface area contributed by atoms with Crippen molar-refractivity contribution in [3.05, 3.63) is 46.9 Å². The average Bonchev–Trinajstić information content (AvgIpc) is 3.05. The fraction of sp³-hybridized carbons (Fsp3) is 0.389. The van der Waals surface area contributed by atoms with E-state index >= 15 is 0 Å². The van der Waals surface area contributed by atoms with Crippen LogP contribution in [0, 0.1) is 6.92 Å². The van der Waals surface area contributed by atoms with Gasteiger partial charge >= 0.3 is 0 Å². The number of fused-ring (bicyclic) bond motifs is 1. The summed E-state index contributed by atoms with van der Waals surface area (Å²) in [5.41, 5.74) is 2.43. The first kappa shape index (κ1) is 17.2. The van der Waals surface area contributed by atoms with Crippen LogP contribution in [0.4, 0.5) is 5.82 Å². The van der Waals surface area contributed by atoms with E-state index in [9.17, 15) is 0 Å². The second-order valence-corrected chi connectivity index (χ2v) is 6.71. The molecule has 1 N–H and O–H groups in total. The van der Waals surface area contributed by atoms with Gasteiger partial charge in [-0.3, -0.25) is 4.90 Å². The molecule has 3 aromatic rings. The zero-order chi connectivity index (χ0) is 17.9. The predicted molar refractivity (Wildman–Crippen MR) is 99.4 cm³/mol. The van der Waals surface area contributed by atoms with Crippen molar-refractivity contribution < 1.29 is 9.26 Å². The molecule has 4 rings (SSSR count). The number of nitrogens with one attached hydrogen (secondary N) is 1. The summed E-state index contributed by atoms with van der Waals surface area (Å²) in [6.07, 6.45) is 1.48. The van der Waals surface area contributed by atoms with E-state index in [4.69, 9.17) is 20.9 Å². The first-order valence-corrected chi connectivity index (χ1v) is 8.98. The lowest BCUT2D eigenvalue weighted by Crippen LogP contribution is -2.41. The Morgan fingerprint density at radius 2 is 2.12 bits per heavy atom. The topological polar surface area (TPSA) is 76.3 Å². The van der Waals surface area contributed by atoms with Crippen molar-refractivity contribution >= 4 is 28.5 Å². The van der Waals surface area contributed by atoms with Gasteiger partial charge in [-0.05, 0) is 24.6 Å². The summed E-state index contributed by atoms with van der Waals surface area (Å²) in [6, 6.07) is 8.15. The minimum Gasteiger partial charge on any atom is -0.379 e. The van der Waals surface area contributed by atoms with Gasteiger partial charge in [-0.25, -0.2) is 4.98 Å². The highest BCUT2D eigenvalue weighted by atomic mass is 35.5. The molecule has 26 heavy (non-hydrogen) atoms. The van der Waals surface area contributed by atoms with E-state index in [0.29, 0.717) is 12.3 Å². The van der Waals surface area contributed by atoms with Gasteiger partial charge in [0.2, 0.25) is 0 Å². The highest BCUT2D eigenvalue weighted by Crippen LogP contribution is 2.27. The number of nitrogens with zero attached hydrogens (tertiary/aromatic N) is 4. The Hall–Kier alpha value is -2.22. The molecule has 7 nitrogen and oxygen atoms in total. The number of benzene rings is 1. The average molecular weight is 374 g/mol. The maximum atomic E-state index is 6.22. The quantitative estimate of drug-likeness (QED) is 0.736. The highest BCUT2D eigenvalue weighted by molar-refractivity contribution is 6.30. The smallest absolute Gasteiger partial charge is 0.263 e. The van der Waals surface area contributed by atoms with E-state index in [0.717, 1.165) is 48.2 Å². The first-order chi connectivity index (χ1) is 12.7. The van der Waals surface area contributed by atoms with E-state index in [1.807, 2.05) is 25.1 Å². The fourth-order valence-electron chi connectivity index (χ4n) is 3.31. The molecule has 1 atom stereocenters. The van der Waals surface area contributed by atoms with Crippen LogP contribution in [0.15, 0.2) is 35.1 Å². The lowest BCUT2D eigenvalue weighted by molar-refractivity contribution is 0.0187. The van der Waals surface area contributed by atoms with Crippen molar-refractivity contribution in [1.82, 2.24) is 20.0 Å². The van der Waals surface area contributed by atoms with Gasteiger partial charge in [0, 0.05) is 24.7 Å². The SMILES string of the molecule is Cc1noc2ncnc(NCC(c3cccc(Cl)c3)N3CCOCC3)c12. The molecule has 1 aliphatic heterocycles. The number of rotatable bonds is 5. The van der Waals surface area contributed by atoms with Gasteiger partial charge in [-0.2, -0.15) is 4.98 Å². The Labute approximate surface area is 156 Å². The largest absolute Gasteiger partial charge is 0.379 e. The maximum Gasteiger partial charge on any atom is 0.263 e. The van der Waals surface area contributed by atoms with Crippen LogP contribution < -0.4 is 5.32 Å². The normalized spacial score (nSPS) is 16.7. The Morgan fingerprint density at radius 3 is 2.92 bits per heavy atom. The molecule has 1 aliphatic rings. The number of anilines is 1. The molecule has 0 radical (unpaired) electrons. The van der Waals surface area contributed by atoms with E-state index in [2.05, 4.69) is 31.4 Å². The Morgan fingerprint density at radius 1 is 1.27 bits per heavy atom. The van der Waals surface area contributed by atoms with E-state index in [-0.39, 0.29) is 6.04 Å². The van der Waals surface area contributed by atoms with Gasteiger partial charge in [-0.1, -0.05) is 28.9 Å². The van der Waals surface area contributed by atoms with Gasteiger partial charge in [0.1, 0.15) is 17.5 Å². The zero-order valence-corrected chi connectivity index (χ0v) is 15.2. The number of aryl methyl sites for hydroxylation is 1. The zero-order valence-electron chi connectivity index (χ0n) is 14.5. The second-order valence-electron chi connectivity index (χ2n) is 6.27. The van der Waals surface area contributed by atoms with Crippen molar-refractivity contribution in [3.8, 4) is 0 Å². The van der Waals surface area contributed by atoms with Gasteiger partial charge in [-0.15, -0.1) is 0 Å². The van der Waals surface area contributed by atoms with E-state index in [1.165, 1.54) is 11.9 Å². The number of ether oxygens (including phenoxy) is 1. The van der Waals surface area contributed by atoms with E-state index in [1.54, 1.807) is 0 Å². The predicted octanol–water partition coefficient (Wildman–Crippen LogP) is 3.07. The molecule has 0 bridgehead atoms. The molecule has 0 aliphatic carbocycles. The summed E-state index contributed by atoms with van der Waals surface area (Å²) < 4.78 is 10.7. The maximum absolute atomic E-state index is 6.22. The number of hydrogen-bond donors (Lipinski definition) is 1. The highest BCUT2D eigenvalue weighted by Gasteiger charge is 2.23. The summed E-state index contributed by atoms with van der Waals surface area (Å²) in [6.45, 7) is 5.79. The first-order valence-electron chi connectivity index (χ1n) is 8.60. The summed E-state index contributed by atoms with van der Waals surface area (Å²) in [5, 5.41) is 8.99. The molecule has 8 heteroatoms. The van der Waals surface area contributed by atoms with Crippen molar-refractivity contribution in [2.24, 2.45) is 0 Å². The Balaban J connectivity index is 1.61. The summed E-state index contributed by atoms with van der Waals surface area (Å²) >= 11 is 6.22. The van der Waals surface area contributed by atoms with E-state index < -0.39 is 0 Å². The number of halogens is 1. The Kier molecular flexibility index (Phi) is 5.01. The number of aromatic nitrogens is 3. The van der Waals surface area contributed by atoms with Crippen LogP contribution in [0.25, 0.3) is 11.1 Å². The standard InChI is InChI=1S/C18H20ClN5O2/c1-12-16-17(21-11-22-18(16)26-23-12)20-10-15(24-5-7-25-8-6-24)13-3-2-4-14(19)9-13/h2-4,9,11,15H,5-8,10H2,1H3,(H,20,21,22). The number of hydrogen-bond acceptors (Lipinski definition) is 7. The minimum atomic E-state index is 0.155. The molecule has 3 heterocycles. The van der Waals surface area contributed by atoms with Crippen LogP contribution in [-0.4, -0.2) is 52.9 Å². The third-order valence-corrected chi connectivity index (χ3v) is 4.86. The summed E-state index contributed by atoms with van der Waals surface area (Å²) in [4.78, 5) is 10.9. The van der Waals surface area contributed by atoms with Crippen LogP contribution in [0.1, 0.15) is 17.3 Å². The third-order valence-electron chi connectivity index (χ3n) is 4.63. The molecular weight excluding hydrogens is 354 g/mol. The van der Waals surface area contributed by atoms with Crippen LogP contribution in [0.5, 0.6) is 0 Å². The lowest BCUT2D eigenvalue weighted by atomic mass is 10.0. The van der Waals surface area contributed by atoms with Gasteiger partial charge < -0.3 is 14.6 Å². The lowest BCUT2D eigenvalue weighted by Gasteiger charge is -2.35. The molecule has 0 spiro atoms. The Bertz CT molecular complexity index is 894. The molecule has 0 saturated carbocycles. The third kappa shape index (κ3) is 3.51. The molecule has 2 aromatic heterocycles. The monoisotopic (exact) mass is 373 g/mol. The molecule has 136 valence electrons. The fourth-order valence-corrected chi connectivity index (χ4v) is 3.51.